The summed E-state index contributed by atoms with van der Waals surface area (Å²) in [5, 5.41) is 9.65. The topological polar surface area (TPSA) is 151 Å². The maximum absolute atomic E-state index is 13.2. The number of amides is 4. The number of Topliss-reactive ketones (excluding diaryl/α,β-unsaturated/α-hetero) is 1. The molecular formula is C18H8N4O6. The van der Waals surface area contributed by atoms with E-state index in [0.29, 0.717) is 0 Å². The average molecular weight is 376 g/mol. The number of hydrogen-bond donors (Lipinski definition) is 2. The molecule has 1 heterocycles. The van der Waals surface area contributed by atoms with E-state index in [9.17, 15) is 29.0 Å². The number of rotatable bonds is 2. The van der Waals surface area contributed by atoms with Gasteiger partial charge in [-0.15, -0.1) is 9.81 Å². The summed E-state index contributed by atoms with van der Waals surface area (Å²) in [7, 11) is 0. The number of barbiturate groups is 1. The van der Waals surface area contributed by atoms with Gasteiger partial charge in [-0.2, -0.15) is 0 Å². The van der Waals surface area contributed by atoms with Crippen molar-refractivity contribution in [3.63, 3.8) is 0 Å². The smallest absolute Gasteiger partial charge is 0.289 e. The normalized spacial score (nSPS) is 15.4. The highest BCUT2D eigenvalue weighted by Gasteiger charge is 2.39. The van der Waals surface area contributed by atoms with E-state index >= 15 is 0 Å². The van der Waals surface area contributed by atoms with Crippen LogP contribution in [0.1, 0.15) is 15.9 Å². The molecule has 2 N–H and O–H groups in total. The Morgan fingerprint density at radius 3 is 1.68 bits per heavy atom. The molecule has 1 aliphatic carbocycles. The number of carbonyl (C=O) groups is 4. The van der Waals surface area contributed by atoms with Crippen LogP contribution < -0.4 is 10.6 Å². The van der Waals surface area contributed by atoms with Gasteiger partial charge in [0.2, 0.25) is 0 Å². The number of ketones is 1. The zero-order chi connectivity index (χ0) is 20.0. The van der Waals surface area contributed by atoms with Crippen LogP contribution in [0.4, 0.5) is 16.2 Å². The molecule has 2 aromatic carbocycles. The van der Waals surface area contributed by atoms with Gasteiger partial charge in [-0.3, -0.25) is 25.0 Å². The highest BCUT2D eigenvalue weighted by molar-refractivity contribution is 6.45. The highest BCUT2D eigenvalue weighted by Crippen LogP contribution is 2.49. The van der Waals surface area contributed by atoms with Gasteiger partial charge in [-0.25, -0.2) is 4.79 Å². The Kier molecular flexibility index (Phi) is 3.74. The van der Waals surface area contributed by atoms with Crippen LogP contribution in [0.3, 0.4) is 0 Å². The molecule has 0 saturated carbocycles. The standard InChI is InChI=1S/C18H8N4O6/c23-15-8-4-2-6-10(22-28)12(8)11-7(3-1-5-9(11)21-27)13(15)14-16(24)19-18(26)20-17(14)25/h1-6H,(H2,19,20,24,25,26). The lowest BCUT2D eigenvalue weighted by atomic mass is 9.77. The van der Waals surface area contributed by atoms with E-state index in [2.05, 4.69) is 10.4 Å². The molecule has 4 amide bonds. The fraction of sp³-hybridized carbons (Fsp3) is 0. The number of nitrogens with zero attached hydrogens (tertiary/aromatic N) is 2. The Morgan fingerprint density at radius 2 is 1.14 bits per heavy atom. The van der Waals surface area contributed by atoms with Gasteiger partial charge in [0, 0.05) is 22.3 Å². The largest absolute Gasteiger partial charge is 0.328 e. The van der Waals surface area contributed by atoms with E-state index in [-0.39, 0.29) is 39.2 Å². The molecular weight excluding hydrogens is 368 g/mol. The minimum atomic E-state index is -1.05. The first-order chi connectivity index (χ1) is 13.5. The van der Waals surface area contributed by atoms with Crippen LogP contribution in [0.2, 0.25) is 0 Å². The van der Waals surface area contributed by atoms with E-state index in [1.807, 2.05) is 10.6 Å². The quantitative estimate of drug-likeness (QED) is 0.467. The number of allylic oxidation sites excluding steroid dienone is 1. The summed E-state index contributed by atoms with van der Waals surface area (Å²) in [6.45, 7) is 0. The molecule has 4 rings (SSSR count). The SMILES string of the molecule is O=Nc1cccc2c1-c1c(N=O)cccc1C(=C1C(=O)NC(=O)NC1=O)C2=O. The highest BCUT2D eigenvalue weighted by atomic mass is 16.3. The van der Waals surface area contributed by atoms with E-state index < -0.39 is 29.2 Å². The number of benzene rings is 2. The summed E-state index contributed by atoms with van der Waals surface area (Å²) in [6.07, 6.45) is 0. The number of fused-ring (bicyclic) bond motifs is 3. The van der Waals surface area contributed by atoms with Crippen LogP contribution in [0.15, 0.2) is 52.3 Å². The Morgan fingerprint density at radius 1 is 0.643 bits per heavy atom. The van der Waals surface area contributed by atoms with Gasteiger partial charge in [-0.1, -0.05) is 24.3 Å². The molecule has 0 spiro atoms. The first kappa shape index (κ1) is 17.1. The molecule has 2 aromatic rings. The van der Waals surface area contributed by atoms with Crippen LogP contribution in [0.25, 0.3) is 16.7 Å². The van der Waals surface area contributed by atoms with Gasteiger partial charge in [0.05, 0.1) is 0 Å². The summed E-state index contributed by atoms with van der Waals surface area (Å²) < 4.78 is 0. The first-order valence-corrected chi connectivity index (χ1v) is 7.87. The van der Waals surface area contributed by atoms with Crippen molar-refractivity contribution < 1.29 is 19.2 Å². The van der Waals surface area contributed by atoms with Crippen molar-refractivity contribution in [2.24, 2.45) is 10.4 Å². The summed E-state index contributed by atoms with van der Waals surface area (Å²) in [4.78, 5) is 71.7. The zero-order valence-corrected chi connectivity index (χ0v) is 13.8. The lowest BCUT2D eigenvalue weighted by molar-refractivity contribution is -0.123. The molecule has 0 bridgehead atoms. The lowest BCUT2D eigenvalue weighted by Crippen LogP contribution is -2.52. The third kappa shape index (κ3) is 2.28. The van der Waals surface area contributed by atoms with Crippen LogP contribution in [-0.4, -0.2) is 23.6 Å². The van der Waals surface area contributed by atoms with Crippen molar-refractivity contribution in [3.8, 4) is 11.1 Å². The molecule has 0 atom stereocenters. The Labute approximate surface area is 155 Å². The Bertz CT molecular complexity index is 1160. The number of imide groups is 2. The Balaban J connectivity index is 2.15. The minimum Gasteiger partial charge on any atom is -0.289 e. The van der Waals surface area contributed by atoms with Gasteiger partial charge in [0.25, 0.3) is 11.8 Å². The number of urea groups is 1. The lowest BCUT2D eigenvalue weighted by Gasteiger charge is -2.25. The van der Waals surface area contributed by atoms with E-state index in [4.69, 9.17) is 0 Å². The van der Waals surface area contributed by atoms with E-state index in [1.165, 1.54) is 36.4 Å². The maximum Gasteiger partial charge on any atom is 0.328 e. The molecule has 0 unspecified atom stereocenters. The molecule has 2 aliphatic rings. The summed E-state index contributed by atoms with van der Waals surface area (Å²) >= 11 is 0. The maximum atomic E-state index is 13.2. The van der Waals surface area contributed by atoms with Crippen molar-refractivity contribution in [2.75, 3.05) is 0 Å². The molecule has 0 radical (unpaired) electrons. The van der Waals surface area contributed by atoms with Crippen LogP contribution in [0.5, 0.6) is 0 Å². The molecule has 1 saturated heterocycles. The van der Waals surface area contributed by atoms with Gasteiger partial charge < -0.3 is 0 Å². The zero-order valence-electron chi connectivity index (χ0n) is 13.8. The first-order valence-electron chi connectivity index (χ1n) is 7.87. The average Bonchev–Trinajstić information content (AvgIpc) is 2.68. The Hall–Kier alpha value is -4.34. The van der Waals surface area contributed by atoms with E-state index in [1.54, 1.807) is 0 Å². The number of nitroso groups, excluding NO2 is 2. The van der Waals surface area contributed by atoms with E-state index in [0.717, 1.165) is 0 Å². The fourth-order valence-electron chi connectivity index (χ4n) is 3.35. The molecule has 10 nitrogen and oxygen atoms in total. The number of carbonyl (C=O) groups excluding carboxylic acids is 4. The van der Waals surface area contributed by atoms with Crippen molar-refractivity contribution in [1.82, 2.24) is 10.6 Å². The monoisotopic (exact) mass is 376 g/mol. The van der Waals surface area contributed by atoms with Crippen molar-refractivity contribution in [3.05, 3.63) is 62.9 Å². The second-order valence-corrected chi connectivity index (χ2v) is 5.90. The summed E-state index contributed by atoms with van der Waals surface area (Å²) in [6, 6.07) is 7.31. The molecule has 0 aromatic heterocycles. The van der Waals surface area contributed by atoms with Crippen LogP contribution >= 0.6 is 0 Å². The van der Waals surface area contributed by atoms with Crippen LogP contribution in [-0.2, 0) is 9.59 Å². The van der Waals surface area contributed by atoms with Gasteiger partial charge in [0.1, 0.15) is 16.9 Å². The van der Waals surface area contributed by atoms with Gasteiger partial charge >= 0.3 is 6.03 Å². The molecule has 10 heteroatoms. The second-order valence-electron chi connectivity index (χ2n) is 5.90. The second kappa shape index (κ2) is 6.13. The third-order valence-corrected chi connectivity index (χ3v) is 4.43. The van der Waals surface area contributed by atoms with Crippen LogP contribution in [0, 0.1) is 9.81 Å². The number of nitrogens with one attached hydrogen (secondary N) is 2. The van der Waals surface area contributed by atoms with Crippen molar-refractivity contribution >= 4 is 40.6 Å². The van der Waals surface area contributed by atoms with Gasteiger partial charge in [0.15, 0.2) is 5.78 Å². The van der Waals surface area contributed by atoms with Gasteiger partial charge in [-0.05, 0) is 28.0 Å². The predicted molar refractivity (Wildman–Crippen MR) is 95.7 cm³/mol. The molecule has 28 heavy (non-hydrogen) atoms. The molecule has 136 valence electrons. The fourth-order valence-corrected chi connectivity index (χ4v) is 3.35. The summed E-state index contributed by atoms with van der Waals surface area (Å²) in [5.74, 6) is -2.84. The summed E-state index contributed by atoms with van der Waals surface area (Å²) in [5.41, 5.74) is -0.871. The molecule has 1 fully saturated rings. The van der Waals surface area contributed by atoms with Crippen molar-refractivity contribution in [1.29, 1.82) is 0 Å². The number of hydrogen-bond acceptors (Lipinski definition) is 8. The third-order valence-electron chi connectivity index (χ3n) is 4.43. The minimum absolute atomic E-state index is 0.0271. The predicted octanol–water partition coefficient (Wildman–Crippen LogP) is 2.47. The van der Waals surface area contributed by atoms with Crippen molar-refractivity contribution in [2.45, 2.75) is 0 Å². The molecule has 1 aliphatic heterocycles.